The Kier molecular flexibility index (Phi) is 8.18. The number of amides is 2. The SMILES string of the molecule is O=C(c1ccc(C=C2Sc3ccccc3N(Cc3cccc(Cl)c3)C2=O)cc1)N1CCN(c2ccc([N+](=O)[O-])cc2)CC1. The van der Waals surface area contributed by atoms with Gasteiger partial charge in [-0.3, -0.25) is 19.7 Å². The molecule has 6 rings (SSSR count). The Morgan fingerprint density at radius 3 is 2.33 bits per heavy atom. The van der Waals surface area contributed by atoms with Crippen LogP contribution in [0.4, 0.5) is 17.1 Å². The summed E-state index contributed by atoms with van der Waals surface area (Å²) in [5.41, 5.74) is 4.18. The smallest absolute Gasteiger partial charge is 0.269 e. The number of halogens is 1. The quantitative estimate of drug-likeness (QED) is 0.134. The molecule has 43 heavy (non-hydrogen) atoms. The molecule has 0 N–H and O–H groups in total. The average molecular weight is 611 g/mol. The Bertz CT molecular complexity index is 1720. The van der Waals surface area contributed by atoms with Crippen LogP contribution >= 0.6 is 23.4 Å². The zero-order valence-corrected chi connectivity index (χ0v) is 24.6. The zero-order valence-electron chi connectivity index (χ0n) is 23.1. The molecule has 4 aromatic carbocycles. The molecule has 2 aliphatic heterocycles. The number of fused-ring (bicyclic) bond motifs is 1. The Hall–Kier alpha value is -4.60. The number of carbonyl (C=O) groups excluding carboxylic acids is 2. The number of carbonyl (C=O) groups is 2. The normalized spacial score (nSPS) is 15.9. The third kappa shape index (κ3) is 6.28. The van der Waals surface area contributed by atoms with Crippen molar-refractivity contribution in [3.8, 4) is 0 Å². The molecular formula is C33H27ClN4O4S. The molecule has 0 aliphatic carbocycles. The fraction of sp³-hybridized carbons (Fsp3) is 0.152. The van der Waals surface area contributed by atoms with Crippen LogP contribution in [0.3, 0.4) is 0 Å². The number of piperazine rings is 1. The van der Waals surface area contributed by atoms with Crippen molar-refractivity contribution in [1.82, 2.24) is 4.90 Å². The first-order chi connectivity index (χ1) is 20.9. The monoisotopic (exact) mass is 610 g/mol. The maximum Gasteiger partial charge on any atom is 0.269 e. The summed E-state index contributed by atoms with van der Waals surface area (Å²) in [6, 6.07) is 29.2. The van der Waals surface area contributed by atoms with Gasteiger partial charge in [0.1, 0.15) is 0 Å². The predicted octanol–water partition coefficient (Wildman–Crippen LogP) is 6.89. The zero-order chi connectivity index (χ0) is 29.9. The lowest BCUT2D eigenvalue weighted by atomic mass is 10.1. The first-order valence-electron chi connectivity index (χ1n) is 13.8. The van der Waals surface area contributed by atoms with Crippen molar-refractivity contribution >= 4 is 58.3 Å². The van der Waals surface area contributed by atoms with E-state index in [4.69, 9.17) is 11.6 Å². The van der Waals surface area contributed by atoms with Crippen LogP contribution < -0.4 is 9.80 Å². The van der Waals surface area contributed by atoms with E-state index in [0.29, 0.717) is 48.2 Å². The minimum atomic E-state index is -0.412. The van der Waals surface area contributed by atoms with Crippen LogP contribution in [0.5, 0.6) is 0 Å². The number of nitro groups is 1. The Morgan fingerprint density at radius 1 is 0.907 bits per heavy atom. The summed E-state index contributed by atoms with van der Waals surface area (Å²) in [4.78, 5) is 44.7. The summed E-state index contributed by atoms with van der Waals surface area (Å²) in [7, 11) is 0. The second kappa shape index (κ2) is 12.3. The third-order valence-corrected chi connectivity index (χ3v) is 8.82. The van der Waals surface area contributed by atoms with Gasteiger partial charge in [-0.25, -0.2) is 0 Å². The fourth-order valence-electron chi connectivity index (χ4n) is 5.25. The Balaban J connectivity index is 1.13. The van der Waals surface area contributed by atoms with E-state index in [2.05, 4.69) is 4.90 Å². The van der Waals surface area contributed by atoms with Gasteiger partial charge in [0.15, 0.2) is 0 Å². The van der Waals surface area contributed by atoms with E-state index in [-0.39, 0.29) is 17.5 Å². The lowest BCUT2D eigenvalue weighted by Gasteiger charge is -2.36. The minimum Gasteiger partial charge on any atom is -0.368 e. The molecule has 8 nitrogen and oxygen atoms in total. The molecule has 0 aromatic heterocycles. The molecule has 0 saturated carbocycles. The number of thioether (sulfide) groups is 1. The summed E-state index contributed by atoms with van der Waals surface area (Å²) in [5.74, 6) is -0.137. The fourth-order valence-corrected chi connectivity index (χ4v) is 6.52. The maximum atomic E-state index is 13.6. The van der Waals surface area contributed by atoms with Crippen LogP contribution in [0.15, 0.2) is 107 Å². The first kappa shape index (κ1) is 28.5. The summed E-state index contributed by atoms with van der Waals surface area (Å²) in [6.07, 6.45) is 1.87. The number of hydrogen-bond acceptors (Lipinski definition) is 6. The molecule has 0 radical (unpaired) electrons. The highest BCUT2D eigenvalue weighted by Crippen LogP contribution is 2.42. The number of benzene rings is 4. The topological polar surface area (TPSA) is 87.0 Å². The second-order valence-electron chi connectivity index (χ2n) is 10.3. The molecule has 2 aliphatic rings. The van der Waals surface area contributed by atoms with Gasteiger partial charge in [0.2, 0.25) is 0 Å². The van der Waals surface area contributed by atoms with E-state index < -0.39 is 4.92 Å². The third-order valence-electron chi connectivity index (χ3n) is 7.51. The highest BCUT2D eigenvalue weighted by molar-refractivity contribution is 8.04. The molecule has 0 atom stereocenters. The average Bonchev–Trinajstić information content (AvgIpc) is 3.03. The van der Waals surface area contributed by atoms with Crippen LogP contribution in [0, 0.1) is 10.1 Å². The van der Waals surface area contributed by atoms with Crippen LogP contribution in [0.2, 0.25) is 5.02 Å². The van der Waals surface area contributed by atoms with Crippen molar-refractivity contribution in [2.24, 2.45) is 0 Å². The Labute approximate surface area is 258 Å². The number of para-hydroxylation sites is 1. The summed E-state index contributed by atoms with van der Waals surface area (Å²) in [6.45, 7) is 2.78. The van der Waals surface area contributed by atoms with Gasteiger partial charge in [0, 0.05) is 59.5 Å². The van der Waals surface area contributed by atoms with Crippen molar-refractivity contribution in [1.29, 1.82) is 0 Å². The van der Waals surface area contributed by atoms with Crippen LogP contribution in [0.1, 0.15) is 21.5 Å². The summed E-state index contributed by atoms with van der Waals surface area (Å²) in [5, 5.41) is 11.6. The van der Waals surface area contributed by atoms with Crippen molar-refractivity contribution in [2.75, 3.05) is 36.0 Å². The van der Waals surface area contributed by atoms with Gasteiger partial charge in [-0.1, -0.05) is 59.8 Å². The number of anilines is 2. The van der Waals surface area contributed by atoms with E-state index in [0.717, 1.165) is 27.4 Å². The van der Waals surface area contributed by atoms with Crippen LogP contribution in [-0.4, -0.2) is 47.8 Å². The molecule has 4 aromatic rings. The van der Waals surface area contributed by atoms with Crippen LogP contribution in [0.25, 0.3) is 6.08 Å². The number of nitro benzene ring substituents is 1. The maximum absolute atomic E-state index is 13.6. The molecule has 2 heterocycles. The Morgan fingerprint density at radius 2 is 1.63 bits per heavy atom. The highest BCUT2D eigenvalue weighted by atomic mass is 35.5. The van der Waals surface area contributed by atoms with Gasteiger partial charge in [-0.05, 0) is 65.7 Å². The standard InChI is InChI=1S/C33H27ClN4O4S/c34-26-5-3-4-24(20-26)22-37-29-6-1-2-7-30(29)43-31(33(37)40)21-23-8-10-25(11-9-23)32(39)36-18-16-35(17-19-36)27-12-14-28(15-13-27)38(41)42/h1-15,20-21H,16-19,22H2. The van der Waals surface area contributed by atoms with Gasteiger partial charge < -0.3 is 14.7 Å². The van der Waals surface area contributed by atoms with Gasteiger partial charge in [-0.2, -0.15) is 0 Å². The molecule has 10 heteroatoms. The molecule has 0 spiro atoms. The first-order valence-corrected chi connectivity index (χ1v) is 15.0. The van der Waals surface area contributed by atoms with Gasteiger partial charge in [-0.15, -0.1) is 0 Å². The molecule has 1 fully saturated rings. The number of hydrogen-bond donors (Lipinski definition) is 0. The summed E-state index contributed by atoms with van der Waals surface area (Å²) >= 11 is 7.64. The second-order valence-corrected chi connectivity index (χ2v) is 11.8. The molecule has 216 valence electrons. The number of nitrogens with zero attached hydrogens (tertiary/aromatic N) is 4. The van der Waals surface area contributed by atoms with Crippen molar-refractivity contribution in [3.05, 3.63) is 134 Å². The summed E-state index contributed by atoms with van der Waals surface area (Å²) < 4.78 is 0. The van der Waals surface area contributed by atoms with Gasteiger partial charge in [0.25, 0.3) is 17.5 Å². The van der Waals surface area contributed by atoms with E-state index >= 15 is 0 Å². The van der Waals surface area contributed by atoms with Crippen LogP contribution in [-0.2, 0) is 11.3 Å². The van der Waals surface area contributed by atoms with Gasteiger partial charge >= 0.3 is 0 Å². The lowest BCUT2D eigenvalue weighted by Crippen LogP contribution is -2.48. The molecular weight excluding hydrogens is 584 g/mol. The lowest BCUT2D eigenvalue weighted by molar-refractivity contribution is -0.384. The predicted molar refractivity (Wildman–Crippen MR) is 171 cm³/mol. The van der Waals surface area contributed by atoms with E-state index in [1.807, 2.05) is 71.6 Å². The highest BCUT2D eigenvalue weighted by Gasteiger charge is 2.29. The van der Waals surface area contributed by atoms with E-state index in [1.54, 1.807) is 29.2 Å². The number of non-ortho nitro benzene ring substituents is 1. The van der Waals surface area contributed by atoms with E-state index in [1.165, 1.54) is 23.9 Å². The van der Waals surface area contributed by atoms with Crippen molar-refractivity contribution in [2.45, 2.75) is 11.4 Å². The number of rotatable bonds is 6. The van der Waals surface area contributed by atoms with Crippen molar-refractivity contribution < 1.29 is 14.5 Å². The molecule has 1 saturated heterocycles. The molecule has 0 bridgehead atoms. The van der Waals surface area contributed by atoms with E-state index in [9.17, 15) is 19.7 Å². The minimum absolute atomic E-state index is 0.0488. The van der Waals surface area contributed by atoms with Crippen molar-refractivity contribution in [3.63, 3.8) is 0 Å². The molecule has 0 unspecified atom stereocenters. The largest absolute Gasteiger partial charge is 0.368 e. The molecule has 2 amide bonds. The van der Waals surface area contributed by atoms with Gasteiger partial charge in [0.05, 0.1) is 22.1 Å².